The van der Waals surface area contributed by atoms with Crippen LogP contribution >= 0.6 is 34.8 Å². The van der Waals surface area contributed by atoms with Gasteiger partial charge in [0.15, 0.2) is 0 Å². The second-order valence-corrected chi connectivity index (χ2v) is 5.47. The van der Waals surface area contributed by atoms with E-state index in [2.05, 4.69) is 15.4 Å². The fourth-order valence-corrected chi connectivity index (χ4v) is 1.81. The predicted molar refractivity (Wildman–Crippen MR) is 60.5 cm³/mol. The summed E-state index contributed by atoms with van der Waals surface area (Å²) in [4.78, 5) is 22.7. The highest BCUT2D eigenvalue weighted by Crippen LogP contribution is 2.36. The molecule has 0 aromatic heterocycles. The molecule has 1 unspecified atom stereocenters. The first-order valence-corrected chi connectivity index (χ1v) is 5.34. The maximum Gasteiger partial charge on any atom is 0.337 e. The molecule has 0 saturated heterocycles. The number of carbonyl (C=O) groups is 2. The lowest BCUT2D eigenvalue weighted by Gasteiger charge is -2.31. The van der Waals surface area contributed by atoms with Gasteiger partial charge in [-0.05, 0) is 6.92 Å². The number of hydrogen-bond acceptors (Lipinski definition) is 3. The fourth-order valence-electron chi connectivity index (χ4n) is 1.32. The van der Waals surface area contributed by atoms with Gasteiger partial charge in [-0.2, -0.15) is 0 Å². The molecule has 0 radical (unpaired) electrons. The second kappa shape index (κ2) is 4.69. The summed E-state index contributed by atoms with van der Waals surface area (Å²) >= 11 is 17.1. The largest absolute Gasteiger partial charge is 0.466 e. The van der Waals surface area contributed by atoms with E-state index in [0.29, 0.717) is 5.70 Å². The number of rotatable bonds is 1. The van der Waals surface area contributed by atoms with Crippen LogP contribution in [-0.4, -0.2) is 28.9 Å². The highest BCUT2D eigenvalue weighted by molar-refractivity contribution is 6.68. The zero-order chi connectivity index (χ0) is 12.5. The number of hydrogen-bond donors (Lipinski definition) is 2. The van der Waals surface area contributed by atoms with Gasteiger partial charge >= 0.3 is 12.0 Å². The van der Waals surface area contributed by atoms with Gasteiger partial charge in [-0.25, -0.2) is 9.59 Å². The van der Waals surface area contributed by atoms with E-state index in [9.17, 15) is 9.59 Å². The normalized spacial score (nSPS) is 21.3. The number of alkyl halides is 3. The first-order valence-electron chi connectivity index (χ1n) is 4.20. The number of halogens is 3. The van der Waals surface area contributed by atoms with E-state index in [1.807, 2.05) is 0 Å². The molecule has 8 heteroatoms. The Kier molecular flexibility index (Phi) is 3.93. The smallest absolute Gasteiger partial charge is 0.337 e. The van der Waals surface area contributed by atoms with Crippen LogP contribution < -0.4 is 10.6 Å². The van der Waals surface area contributed by atoms with Crippen molar-refractivity contribution in [2.45, 2.75) is 16.8 Å². The SMILES string of the molecule is COC(=O)C1=C(C)NC(=O)NC1C(Cl)(Cl)Cl. The predicted octanol–water partition coefficient (Wildman–Crippen LogP) is 1.48. The van der Waals surface area contributed by atoms with Gasteiger partial charge in [-0.15, -0.1) is 0 Å². The molecular weight excluding hydrogens is 278 g/mol. The number of amides is 2. The van der Waals surface area contributed by atoms with Gasteiger partial charge in [0.2, 0.25) is 3.79 Å². The van der Waals surface area contributed by atoms with Crippen molar-refractivity contribution in [3.8, 4) is 0 Å². The lowest BCUT2D eigenvalue weighted by molar-refractivity contribution is -0.136. The van der Waals surface area contributed by atoms with Crippen LogP contribution in [0.1, 0.15) is 6.92 Å². The molecule has 5 nitrogen and oxygen atoms in total. The van der Waals surface area contributed by atoms with E-state index in [-0.39, 0.29) is 5.57 Å². The molecule has 0 spiro atoms. The van der Waals surface area contributed by atoms with E-state index >= 15 is 0 Å². The van der Waals surface area contributed by atoms with Gasteiger partial charge in [-0.1, -0.05) is 34.8 Å². The van der Waals surface area contributed by atoms with Crippen molar-refractivity contribution in [2.75, 3.05) is 7.11 Å². The van der Waals surface area contributed by atoms with E-state index in [4.69, 9.17) is 34.8 Å². The Morgan fingerprint density at radius 1 is 1.44 bits per heavy atom. The molecule has 90 valence electrons. The van der Waals surface area contributed by atoms with Crippen molar-refractivity contribution in [2.24, 2.45) is 0 Å². The summed E-state index contributed by atoms with van der Waals surface area (Å²) in [7, 11) is 1.20. The zero-order valence-electron chi connectivity index (χ0n) is 8.44. The lowest BCUT2D eigenvalue weighted by atomic mass is 10.0. The number of esters is 1. The van der Waals surface area contributed by atoms with Crippen molar-refractivity contribution in [3.05, 3.63) is 11.3 Å². The number of nitrogens with one attached hydrogen (secondary N) is 2. The van der Waals surface area contributed by atoms with Crippen LogP contribution in [0, 0.1) is 0 Å². The fraction of sp³-hybridized carbons (Fsp3) is 0.500. The molecule has 0 bridgehead atoms. The van der Waals surface area contributed by atoms with E-state index < -0.39 is 21.8 Å². The minimum absolute atomic E-state index is 0.0853. The molecule has 0 fully saturated rings. The number of urea groups is 1. The Balaban J connectivity index is 3.18. The Hall–Kier alpha value is -0.650. The zero-order valence-corrected chi connectivity index (χ0v) is 10.7. The highest BCUT2D eigenvalue weighted by Gasteiger charge is 2.43. The maximum absolute atomic E-state index is 11.5. The minimum atomic E-state index is -1.83. The van der Waals surface area contributed by atoms with Crippen LogP contribution in [0.15, 0.2) is 11.3 Å². The van der Waals surface area contributed by atoms with Gasteiger partial charge < -0.3 is 15.4 Å². The molecule has 1 rings (SSSR count). The molecule has 0 saturated carbocycles. The van der Waals surface area contributed by atoms with Crippen LogP contribution in [0.2, 0.25) is 0 Å². The maximum atomic E-state index is 11.5. The van der Waals surface area contributed by atoms with Gasteiger partial charge in [-0.3, -0.25) is 0 Å². The summed E-state index contributed by atoms with van der Waals surface area (Å²) in [5.41, 5.74) is 0.383. The summed E-state index contributed by atoms with van der Waals surface area (Å²) in [6, 6.07) is -1.58. The lowest BCUT2D eigenvalue weighted by Crippen LogP contribution is -2.55. The summed E-state index contributed by atoms with van der Waals surface area (Å²) in [5, 5.41) is 4.75. The molecule has 16 heavy (non-hydrogen) atoms. The Labute approximate surface area is 107 Å². The van der Waals surface area contributed by atoms with Gasteiger partial charge in [0, 0.05) is 5.70 Å². The first kappa shape index (κ1) is 13.4. The number of carbonyl (C=O) groups excluding carboxylic acids is 2. The third-order valence-corrected chi connectivity index (χ3v) is 2.66. The van der Waals surface area contributed by atoms with Crippen LogP contribution in [0.3, 0.4) is 0 Å². The van der Waals surface area contributed by atoms with E-state index in [1.165, 1.54) is 14.0 Å². The van der Waals surface area contributed by atoms with Crippen LogP contribution in [0.4, 0.5) is 4.79 Å². The van der Waals surface area contributed by atoms with Crippen LogP contribution in [0.5, 0.6) is 0 Å². The average molecular weight is 288 g/mol. The quantitative estimate of drug-likeness (QED) is 0.567. The molecule has 1 heterocycles. The van der Waals surface area contributed by atoms with Gasteiger partial charge in [0.05, 0.1) is 12.7 Å². The Morgan fingerprint density at radius 3 is 2.44 bits per heavy atom. The molecule has 2 N–H and O–H groups in total. The molecule has 0 aromatic carbocycles. The minimum Gasteiger partial charge on any atom is -0.466 e. The topological polar surface area (TPSA) is 67.4 Å². The first-order chi connectivity index (χ1) is 7.27. The standard InChI is InChI=1S/C8H9Cl3N2O3/c1-3-4(6(14)16-2)5(8(9,10)11)13-7(15)12-3/h5H,1-2H3,(H2,12,13,15). The van der Waals surface area contributed by atoms with E-state index in [1.54, 1.807) is 0 Å². The van der Waals surface area contributed by atoms with Gasteiger partial charge in [0.1, 0.15) is 6.04 Å². The Bertz CT molecular complexity index is 362. The summed E-state index contributed by atoms with van der Waals surface area (Å²) in [5.74, 6) is -0.665. The molecule has 1 atom stereocenters. The number of methoxy groups -OCH3 is 1. The Morgan fingerprint density at radius 2 is 2.00 bits per heavy atom. The molecular formula is C8H9Cl3N2O3. The van der Waals surface area contributed by atoms with Crippen LogP contribution in [0.25, 0.3) is 0 Å². The third kappa shape index (κ3) is 2.72. The summed E-state index contributed by atoms with van der Waals surface area (Å²) in [6.45, 7) is 1.52. The monoisotopic (exact) mass is 286 g/mol. The average Bonchev–Trinajstić information content (AvgIpc) is 2.14. The van der Waals surface area contributed by atoms with Crippen molar-refractivity contribution in [1.82, 2.24) is 10.6 Å². The number of ether oxygens (including phenoxy) is 1. The number of allylic oxidation sites excluding steroid dienone is 1. The van der Waals surface area contributed by atoms with E-state index in [0.717, 1.165) is 0 Å². The van der Waals surface area contributed by atoms with Crippen LogP contribution in [-0.2, 0) is 9.53 Å². The molecule has 0 aromatic rings. The molecule has 0 aliphatic carbocycles. The van der Waals surface area contributed by atoms with Crippen molar-refractivity contribution in [1.29, 1.82) is 0 Å². The third-order valence-electron chi connectivity index (χ3n) is 2.00. The molecule has 2 amide bonds. The van der Waals surface area contributed by atoms with Crippen molar-refractivity contribution < 1.29 is 14.3 Å². The highest BCUT2D eigenvalue weighted by atomic mass is 35.6. The summed E-state index contributed by atoms with van der Waals surface area (Å²) < 4.78 is 2.73. The molecule has 1 aliphatic heterocycles. The van der Waals surface area contributed by atoms with Gasteiger partial charge in [0.25, 0.3) is 0 Å². The summed E-state index contributed by atoms with van der Waals surface area (Å²) in [6.07, 6.45) is 0. The molecule has 1 aliphatic rings. The van der Waals surface area contributed by atoms with Crippen molar-refractivity contribution >= 4 is 46.8 Å². The van der Waals surface area contributed by atoms with Crippen molar-refractivity contribution in [3.63, 3.8) is 0 Å². The second-order valence-electron chi connectivity index (χ2n) is 3.10.